The maximum absolute atomic E-state index is 13.2. The van der Waals surface area contributed by atoms with Gasteiger partial charge >= 0.3 is 6.18 Å². The second-order valence-corrected chi connectivity index (χ2v) is 7.07. The number of hydrogen-bond acceptors (Lipinski definition) is 3. The first kappa shape index (κ1) is 25.9. The predicted molar refractivity (Wildman–Crippen MR) is 116 cm³/mol. The molecular weight excluding hydrogens is 503 g/mol. The van der Waals surface area contributed by atoms with E-state index >= 15 is 0 Å². The topological polar surface area (TPSA) is 40.1 Å². The van der Waals surface area contributed by atoms with Crippen LogP contribution >= 0.6 is 24.0 Å². The molecule has 0 amide bonds. The third-order valence-electron chi connectivity index (χ3n) is 4.46. The molecule has 1 saturated heterocycles. The largest absolute Gasteiger partial charge is 0.401 e. The summed E-state index contributed by atoms with van der Waals surface area (Å²) in [5.41, 5.74) is 0.891. The van der Waals surface area contributed by atoms with Crippen molar-refractivity contribution in [2.75, 3.05) is 46.8 Å². The van der Waals surface area contributed by atoms with Gasteiger partial charge in [0.15, 0.2) is 5.96 Å². The standard InChI is InChI=1S/C19H28F4N4O.HI/c1-14-11-27(12-17(28-14)15-5-7-16(20)8-6-15)18(24-2)25-9-4-10-26(3)13-19(21,22)23;/h5-8,14,17H,4,9-13H2,1-3H3,(H,24,25);1H. The second kappa shape index (κ2) is 11.9. The summed E-state index contributed by atoms with van der Waals surface area (Å²) in [6.07, 6.45) is -3.87. The average Bonchev–Trinajstić information content (AvgIpc) is 2.60. The van der Waals surface area contributed by atoms with Crippen LogP contribution < -0.4 is 5.32 Å². The van der Waals surface area contributed by atoms with Crippen LogP contribution in [0.2, 0.25) is 0 Å². The first-order valence-corrected chi connectivity index (χ1v) is 9.29. The first-order valence-electron chi connectivity index (χ1n) is 9.29. The summed E-state index contributed by atoms with van der Waals surface area (Å²) in [6, 6.07) is 6.24. The molecule has 1 aromatic rings. The molecule has 2 rings (SSSR count). The summed E-state index contributed by atoms with van der Waals surface area (Å²) < 4.78 is 56.2. The number of nitrogens with one attached hydrogen (secondary N) is 1. The number of hydrogen-bond donors (Lipinski definition) is 1. The molecule has 166 valence electrons. The third-order valence-corrected chi connectivity index (χ3v) is 4.46. The fourth-order valence-electron chi connectivity index (χ4n) is 3.25. The fourth-order valence-corrected chi connectivity index (χ4v) is 3.25. The van der Waals surface area contributed by atoms with E-state index in [0.717, 1.165) is 5.56 Å². The number of alkyl halides is 3. The Bertz CT molecular complexity index is 642. The van der Waals surface area contributed by atoms with E-state index in [2.05, 4.69) is 15.2 Å². The van der Waals surface area contributed by atoms with Crippen molar-refractivity contribution in [1.82, 2.24) is 15.1 Å². The van der Waals surface area contributed by atoms with Crippen LogP contribution in [0.1, 0.15) is 25.0 Å². The third kappa shape index (κ3) is 9.04. The van der Waals surface area contributed by atoms with E-state index in [1.807, 2.05) is 6.92 Å². The molecule has 0 bridgehead atoms. The molecule has 5 nitrogen and oxygen atoms in total. The Labute approximate surface area is 186 Å². The summed E-state index contributed by atoms with van der Waals surface area (Å²) in [7, 11) is 3.13. The van der Waals surface area contributed by atoms with Crippen LogP contribution in [0.3, 0.4) is 0 Å². The highest BCUT2D eigenvalue weighted by molar-refractivity contribution is 14.0. The minimum Gasteiger partial charge on any atom is -0.367 e. The molecule has 1 N–H and O–H groups in total. The van der Waals surface area contributed by atoms with E-state index in [-0.39, 0.29) is 42.0 Å². The molecule has 0 spiro atoms. The highest BCUT2D eigenvalue weighted by Crippen LogP contribution is 2.25. The lowest BCUT2D eigenvalue weighted by atomic mass is 10.1. The van der Waals surface area contributed by atoms with Gasteiger partial charge in [-0.2, -0.15) is 13.2 Å². The molecule has 1 aliphatic heterocycles. The highest BCUT2D eigenvalue weighted by Gasteiger charge is 2.29. The van der Waals surface area contributed by atoms with Gasteiger partial charge in [0.1, 0.15) is 11.9 Å². The maximum atomic E-state index is 13.2. The van der Waals surface area contributed by atoms with Gasteiger partial charge in [-0.05, 0) is 44.6 Å². The molecule has 0 aliphatic carbocycles. The van der Waals surface area contributed by atoms with Crippen molar-refractivity contribution in [3.05, 3.63) is 35.6 Å². The molecule has 1 heterocycles. The zero-order chi connectivity index (χ0) is 20.7. The number of benzene rings is 1. The molecule has 2 atom stereocenters. The molecule has 0 radical (unpaired) electrons. The molecule has 1 aliphatic rings. The summed E-state index contributed by atoms with van der Waals surface area (Å²) in [5.74, 6) is 0.387. The summed E-state index contributed by atoms with van der Waals surface area (Å²) >= 11 is 0. The van der Waals surface area contributed by atoms with E-state index in [4.69, 9.17) is 4.74 Å². The van der Waals surface area contributed by atoms with Crippen LogP contribution in [0.25, 0.3) is 0 Å². The van der Waals surface area contributed by atoms with Gasteiger partial charge in [0.05, 0.1) is 19.2 Å². The fraction of sp³-hybridized carbons (Fsp3) is 0.632. The highest BCUT2D eigenvalue weighted by atomic mass is 127. The monoisotopic (exact) mass is 532 g/mol. The van der Waals surface area contributed by atoms with Crippen molar-refractivity contribution in [3.8, 4) is 0 Å². The minimum absolute atomic E-state index is 0. The van der Waals surface area contributed by atoms with Gasteiger partial charge < -0.3 is 15.0 Å². The zero-order valence-corrected chi connectivity index (χ0v) is 19.2. The van der Waals surface area contributed by atoms with E-state index in [9.17, 15) is 17.6 Å². The minimum atomic E-state index is -4.18. The number of rotatable bonds is 6. The number of ether oxygens (including phenoxy) is 1. The Morgan fingerprint density at radius 3 is 2.52 bits per heavy atom. The molecule has 1 aromatic carbocycles. The maximum Gasteiger partial charge on any atom is 0.401 e. The number of morpholine rings is 1. The van der Waals surface area contributed by atoms with Crippen LogP contribution in [0, 0.1) is 5.82 Å². The predicted octanol–water partition coefficient (Wildman–Crippen LogP) is 3.67. The van der Waals surface area contributed by atoms with E-state index in [1.54, 1.807) is 19.2 Å². The number of aliphatic imine (C=N–C) groups is 1. The molecule has 0 aromatic heterocycles. The summed E-state index contributed by atoms with van der Waals surface area (Å²) in [4.78, 5) is 7.60. The van der Waals surface area contributed by atoms with Crippen molar-refractivity contribution >= 4 is 29.9 Å². The van der Waals surface area contributed by atoms with Crippen molar-refractivity contribution in [2.45, 2.75) is 31.7 Å². The molecule has 1 fully saturated rings. The summed E-state index contributed by atoms with van der Waals surface area (Å²) in [6.45, 7) is 3.10. The second-order valence-electron chi connectivity index (χ2n) is 7.07. The number of halogens is 5. The van der Waals surface area contributed by atoms with Gasteiger partial charge in [0.25, 0.3) is 0 Å². The quantitative estimate of drug-likeness (QED) is 0.200. The van der Waals surface area contributed by atoms with Gasteiger partial charge in [0, 0.05) is 20.1 Å². The van der Waals surface area contributed by atoms with Gasteiger partial charge in [-0.1, -0.05) is 12.1 Å². The van der Waals surface area contributed by atoms with Crippen LogP contribution in [0.15, 0.2) is 29.3 Å². The Kier molecular flexibility index (Phi) is 10.6. The SMILES string of the molecule is CN=C(NCCCN(C)CC(F)(F)F)N1CC(C)OC(c2ccc(F)cc2)C1.I. The Balaban J connectivity index is 0.00000420. The van der Waals surface area contributed by atoms with Gasteiger partial charge in [-0.15, -0.1) is 24.0 Å². The molecule has 2 unspecified atom stereocenters. The summed E-state index contributed by atoms with van der Waals surface area (Å²) in [5, 5.41) is 3.21. The van der Waals surface area contributed by atoms with Crippen molar-refractivity contribution < 1.29 is 22.3 Å². The normalized spacial score (nSPS) is 20.6. The molecule has 0 saturated carbocycles. The number of guanidine groups is 1. The van der Waals surface area contributed by atoms with E-state index < -0.39 is 12.7 Å². The van der Waals surface area contributed by atoms with Crippen LogP contribution in [0.4, 0.5) is 17.6 Å². The van der Waals surface area contributed by atoms with E-state index in [1.165, 1.54) is 24.1 Å². The van der Waals surface area contributed by atoms with Crippen molar-refractivity contribution in [3.63, 3.8) is 0 Å². The number of nitrogens with zero attached hydrogens (tertiary/aromatic N) is 3. The smallest absolute Gasteiger partial charge is 0.367 e. The molecular formula is C19H29F4IN4O. The lowest BCUT2D eigenvalue weighted by molar-refractivity contribution is -0.143. The Morgan fingerprint density at radius 2 is 1.93 bits per heavy atom. The Morgan fingerprint density at radius 1 is 1.28 bits per heavy atom. The Hall–Kier alpha value is -1.14. The van der Waals surface area contributed by atoms with Crippen LogP contribution in [0.5, 0.6) is 0 Å². The zero-order valence-electron chi connectivity index (χ0n) is 16.9. The van der Waals surface area contributed by atoms with Crippen molar-refractivity contribution in [1.29, 1.82) is 0 Å². The lowest BCUT2D eigenvalue weighted by Crippen LogP contribution is -2.51. The van der Waals surface area contributed by atoms with Crippen LogP contribution in [-0.2, 0) is 4.74 Å². The first-order chi connectivity index (χ1) is 13.2. The van der Waals surface area contributed by atoms with Crippen molar-refractivity contribution in [2.24, 2.45) is 4.99 Å². The van der Waals surface area contributed by atoms with Crippen LogP contribution in [-0.4, -0.2) is 74.9 Å². The van der Waals surface area contributed by atoms with Gasteiger partial charge in [-0.25, -0.2) is 4.39 Å². The van der Waals surface area contributed by atoms with E-state index in [0.29, 0.717) is 38.6 Å². The lowest BCUT2D eigenvalue weighted by Gasteiger charge is -2.38. The van der Waals surface area contributed by atoms with Gasteiger partial charge in [-0.3, -0.25) is 9.89 Å². The molecule has 10 heteroatoms. The molecule has 29 heavy (non-hydrogen) atoms. The van der Waals surface area contributed by atoms with Gasteiger partial charge in [0.2, 0.25) is 0 Å². The average molecular weight is 532 g/mol.